The number of nitrogens with zero attached hydrogens (tertiary/aromatic N) is 2. The minimum atomic E-state index is 0.698. The molecule has 3 heteroatoms. The highest BCUT2D eigenvalue weighted by atomic mass is 14.9. The van der Waals surface area contributed by atoms with Crippen LogP contribution in [0.5, 0.6) is 0 Å². The smallest absolute Gasteiger partial charge is 0.160 e. The van der Waals surface area contributed by atoms with E-state index in [2.05, 4.69) is 187 Å². The number of fused-ring (bicyclic) bond motifs is 2. The molecule has 1 N–H and O–H groups in total. The lowest BCUT2D eigenvalue weighted by Gasteiger charge is -2.13. The Morgan fingerprint density at radius 3 is 1.70 bits per heavy atom. The third kappa shape index (κ3) is 5.65. The summed E-state index contributed by atoms with van der Waals surface area (Å²) < 4.78 is 0. The topological polar surface area (TPSA) is 37.8 Å². The van der Waals surface area contributed by atoms with E-state index in [4.69, 9.17) is 9.97 Å². The van der Waals surface area contributed by atoms with Gasteiger partial charge in [0, 0.05) is 29.4 Å². The van der Waals surface area contributed by atoms with Gasteiger partial charge in [-0.2, -0.15) is 0 Å². The predicted octanol–water partition coefficient (Wildman–Crippen LogP) is 11.6. The van der Waals surface area contributed by atoms with Crippen LogP contribution in [0.4, 0.5) is 0 Å². The molecule has 0 saturated heterocycles. The number of nitrogens with one attached hydrogen (secondary N) is 1. The first-order chi connectivity index (χ1) is 24.8. The maximum absolute atomic E-state index is 5.26. The number of dihydropyridines is 1. The predicted molar refractivity (Wildman–Crippen MR) is 209 cm³/mol. The lowest BCUT2D eigenvalue weighted by Crippen LogP contribution is -2.08. The highest BCUT2D eigenvalue weighted by molar-refractivity contribution is 5.98. The van der Waals surface area contributed by atoms with Crippen LogP contribution in [0.3, 0.4) is 0 Å². The Labute approximate surface area is 292 Å². The van der Waals surface area contributed by atoms with E-state index >= 15 is 0 Å². The van der Waals surface area contributed by atoms with Crippen molar-refractivity contribution < 1.29 is 0 Å². The van der Waals surface area contributed by atoms with E-state index in [9.17, 15) is 0 Å². The molecule has 0 spiro atoms. The molecule has 1 aliphatic heterocycles. The highest BCUT2D eigenvalue weighted by Crippen LogP contribution is 2.35. The molecule has 1 aliphatic rings. The molecule has 0 unspecified atom stereocenters. The van der Waals surface area contributed by atoms with Gasteiger partial charge in [-0.05, 0) is 79.2 Å². The Bertz CT molecular complexity index is 2600. The first kappa shape index (κ1) is 29.6. The van der Waals surface area contributed by atoms with E-state index in [1.807, 2.05) is 0 Å². The lowest BCUT2D eigenvalue weighted by atomic mass is 9.96. The Kier molecular flexibility index (Phi) is 7.56. The fraction of sp³-hybridized carbons (Fsp3) is 0.0213. The van der Waals surface area contributed by atoms with Crippen LogP contribution in [-0.4, -0.2) is 16.5 Å². The SMILES string of the molecule is C1=CC(c2cccc(-c3cccc(-c4cc(-c5cccc6ccccc56)nc(-c5cccc(-c6cccc7ccccc67)c5)n4)c3)c2)=CNC1. The first-order valence-corrected chi connectivity index (χ1v) is 17.0. The maximum atomic E-state index is 5.26. The number of allylic oxidation sites excluding steroid dienone is 2. The lowest BCUT2D eigenvalue weighted by molar-refractivity contribution is 0.976. The van der Waals surface area contributed by atoms with Crippen molar-refractivity contribution in [2.75, 3.05) is 6.54 Å². The summed E-state index contributed by atoms with van der Waals surface area (Å²) in [5.74, 6) is 0.698. The van der Waals surface area contributed by atoms with Gasteiger partial charge < -0.3 is 5.32 Å². The first-order valence-electron chi connectivity index (χ1n) is 17.0. The zero-order chi connectivity index (χ0) is 33.3. The van der Waals surface area contributed by atoms with Gasteiger partial charge in [0.25, 0.3) is 0 Å². The van der Waals surface area contributed by atoms with E-state index in [1.165, 1.54) is 38.2 Å². The number of aromatic nitrogens is 2. The Hall–Kier alpha value is -6.58. The summed E-state index contributed by atoms with van der Waals surface area (Å²) in [7, 11) is 0. The molecule has 3 nitrogen and oxygen atoms in total. The molecule has 0 radical (unpaired) electrons. The van der Waals surface area contributed by atoms with Crippen molar-refractivity contribution in [1.29, 1.82) is 0 Å². The average molecular weight is 640 g/mol. The van der Waals surface area contributed by atoms with Crippen molar-refractivity contribution in [2.45, 2.75) is 0 Å². The van der Waals surface area contributed by atoms with Crippen LogP contribution in [0.15, 0.2) is 182 Å². The van der Waals surface area contributed by atoms with Crippen molar-refractivity contribution >= 4 is 27.1 Å². The van der Waals surface area contributed by atoms with Gasteiger partial charge in [0.1, 0.15) is 0 Å². The van der Waals surface area contributed by atoms with Gasteiger partial charge in [-0.25, -0.2) is 9.97 Å². The second-order valence-corrected chi connectivity index (χ2v) is 12.7. The minimum absolute atomic E-state index is 0.698. The third-order valence-corrected chi connectivity index (χ3v) is 9.49. The molecule has 0 bridgehead atoms. The molecule has 8 aromatic rings. The summed E-state index contributed by atoms with van der Waals surface area (Å²) in [6.07, 6.45) is 6.42. The van der Waals surface area contributed by atoms with Crippen molar-refractivity contribution in [3.63, 3.8) is 0 Å². The molecule has 9 rings (SSSR count). The van der Waals surface area contributed by atoms with Crippen LogP contribution < -0.4 is 5.32 Å². The molecule has 0 saturated carbocycles. The molecule has 50 heavy (non-hydrogen) atoms. The molecule has 2 heterocycles. The second kappa shape index (κ2) is 12.8. The van der Waals surface area contributed by atoms with Gasteiger partial charge in [0.05, 0.1) is 11.4 Å². The molecule has 0 atom stereocenters. The number of benzene rings is 7. The number of hydrogen-bond acceptors (Lipinski definition) is 3. The van der Waals surface area contributed by atoms with Crippen molar-refractivity contribution in [1.82, 2.24) is 15.3 Å². The minimum Gasteiger partial charge on any atom is -0.387 e. The van der Waals surface area contributed by atoms with Gasteiger partial charge in [-0.3, -0.25) is 0 Å². The fourth-order valence-corrected chi connectivity index (χ4v) is 7.00. The standard InChI is InChI=1S/C47H33N3/c1-3-22-41-32(11-1)13-8-24-43(41)37-18-7-20-39(29-37)47-49-45(30-46(50-47)44-25-9-14-33-12-2-4-23-42(33)44)38-19-6-16-35(28-38)34-15-5-17-36(27-34)40-21-10-26-48-31-40/h1-25,27-31,48H,26H2. The summed E-state index contributed by atoms with van der Waals surface area (Å²) in [6, 6.07) is 58.1. The van der Waals surface area contributed by atoms with Gasteiger partial charge in [-0.1, -0.05) is 152 Å². The summed E-state index contributed by atoms with van der Waals surface area (Å²) >= 11 is 0. The van der Waals surface area contributed by atoms with E-state index in [0.29, 0.717) is 5.82 Å². The van der Waals surface area contributed by atoms with Gasteiger partial charge in [0.2, 0.25) is 0 Å². The van der Waals surface area contributed by atoms with Crippen LogP contribution in [0, 0.1) is 0 Å². The van der Waals surface area contributed by atoms with Crippen molar-refractivity contribution in [2.24, 2.45) is 0 Å². The molecular weight excluding hydrogens is 607 g/mol. The maximum Gasteiger partial charge on any atom is 0.160 e. The van der Waals surface area contributed by atoms with Crippen LogP contribution in [0.2, 0.25) is 0 Å². The normalized spacial score (nSPS) is 12.5. The third-order valence-electron chi connectivity index (χ3n) is 9.49. The van der Waals surface area contributed by atoms with Crippen LogP contribution in [0.25, 0.3) is 83.3 Å². The Balaban J connectivity index is 1.19. The van der Waals surface area contributed by atoms with Crippen LogP contribution >= 0.6 is 0 Å². The van der Waals surface area contributed by atoms with Gasteiger partial charge >= 0.3 is 0 Å². The van der Waals surface area contributed by atoms with E-state index in [0.717, 1.165) is 51.3 Å². The molecule has 236 valence electrons. The Morgan fingerprint density at radius 2 is 0.960 bits per heavy atom. The average Bonchev–Trinajstić information content (AvgIpc) is 3.21. The molecule has 0 fully saturated rings. The molecular formula is C47H33N3. The zero-order valence-corrected chi connectivity index (χ0v) is 27.4. The highest BCUT2D eigenvalue weighted by Gasteiger charge is 2.15. The van der Waals surface area contributed by atoms with Crippen molar-refractivity contribution in [3.05, 3.63) is 188 Å². The summed E-state index contributed by atoms with van der Waals surface area (Å²) in [5.41, 5.74) is 11.9. The second-order valence-electron chi connectivity index (χ2n) is 12.7. The summed E-state index contributed by atoms with van der Waals surface area (Å²) in [5, 5.41) is 8.13. The monoisotopic (exact) mass is 639 g/mol. The largest absolute Gasteiger partial charge is 0.387 e. The molecule has 7 aromatic carbocycles. The number of hydrogen-bond donors (Lipinski definition) is 1. The van der Waals surface area contributed by atoms with Crippen LogP contribution in [0.1, 0.15) is 5.56 Å². The van der Waals surface area contributed by atoms with E-state index < -0.39 is 0 Å². The zero-order valence-electron chi connectivity index (χ0n) is 27.4. The quantitative estimate of drug-likeness (QED) is 0.197. The van der Waals surface area contributed by atoms with E-state index in [-0.39, 0.29) is 0 Å². The summed E-state index contributed by atoms with van der Waals surface area (Å²) in [6.45, 7) is 0.861. The van der Waals surface area contributed by atoms with Crippen LogP contribution in [-0.2, 0) is 0 Å². The Morgan fingerprint density at radius 1 is 0.420 bits per heavy atom. The number of rotatable bonds is 6. The molecule has 1 aromatic heterocycles. The van der Waals surface area contributed by atoms with Gasteiger partial charge in [0.15, 0.2) is 5.82 Å². The van der Waals surface area contributed by atoms with Gasteiger partial charge in [-0.15, -0.1) is 0 Å². The van der Waals surface area contributed by atoms with Crippen molar-refractivity contribution in [3.8, 4) is 56.2 Å². The van der Waals surface area contributed by atoms with E-state index in [1.54, 1.807) is 0 Å². The molecule has 0 aliphatic carbocycles. The molecule has 0 amide bonds. The fourth-order valence-electron chi connectivity index (χ4n) is 7.00. The summed E-state index contributed by atoms with van der Waals surface area (Å²) in [4.78, 5) is 10.5.